The standard InChI is InChI=1S/C22H30N2O5/c1-28-18-4-2-3-17(13-18)21(26)23-7-5-16(6-8-23)22(27)24-9-10-29-20-12-15(14-25)11-19(20)24/h2-4,13,15-16,19-20,25H,5-12,14H2,1H3/t15-,19+,20?/m1/s1. The highest BCUT2D eigenvalue weighted by Gasteiger charge is 2.44. The zero-order valence-corrected chi connectivity index (χ0v) is 17.0. The van der Waals surface area contributed by atoms with Crippen molar-refractivity contribution in [3.8, 4) is 5.75 Å². The average molecular weight is 402 g/mol. The quantitative estimate of drug-likeness (QED) is 0.827. The van der Waals surface area contributed by atoms with Crippen molar-refractivity contribution >= 4 is 11.8 Å². The van der Waals surface area contributed by atoms with Crippen LogP contribution in [0.25, 0.3) is 0 Å². The molecule has 4 rings (SSSR count). The van der Waals surface area contributed by atoms with Crippen molar-refractivity contribution in [2.24, 2.45) is 11.8 Å². The van der Waals surface area contributed by atoms with Crippen LogP contribution in [0.15, 0.2) is 24.3 Å². The summed E-state index contributed by atoms with van der Waals surface area (Å²) in [5, 5.41) is 9.49. The number of rotatable bonds is 4. The molecular weight excluding hydrogens is 372 g/mol. The minimum Gasteiger partial charge on any atom is -0.497 e. The van der Waals surface area contributed by atoms with Crippen molar-refractivity contribution < 1.29 is 24.2 Å². The fourth-order valence-corrected chi connectivity index (χ4v) is 4.98. The smallest absolute Gasteiger partial charge is 0.253 e. The van der Waals surface area contributed by atoms with Gasteiger partial charge in [0.25, 0.3) is 5.91 Å². The van der Waals surface area contributed by atoms with E-state index in [4.69, 9.17) is 9.47 Å². The van der Waals surface area contributed by atoms with E-state index in [0.29, 0.717) is 50.4 Å². The fourth-order valence-electron chi connectivity index (χ4n) is 4.98. The molecule has 0 spiro atoms. The maximum Gasteiger partial charge on any atom is 0.253 e. The molecule has 1 aromatic rings. The molecule has 1 N–H and O–H groups in total. The SMILES string of the molecule is COc1cccc(C(=O)N2CCC(C(=O)N3CCOC4C[C@H](CO)C[C@@H]43)CC2)c1. The Hall–Kier alpha value is -2.12. The van der Waals surface area contributed by atoms with Gasteiger partial charge in [-0.2, -0.15) is 0 Å². The van der Waals surface area contributed by atoms with Gasteiger partial charge in [0.05, 0.1) is 25.9 Å². The lowest BCUT2D eigenvalue weighted by atomic mass is 9.93. The van der Waals surface area contributed by atoms with Crippen molar-refractivity contribution in [1.29, 1.82) is 0 Å². The Labute approximate surface area is 171 Å². The molecule has 0 aromatic heterocycles. The van der Waals surface area contributed by atoms with Gasteiger partial charge in [-0.05, 0) is 49.8 Å². The van der Waals surface area contributed by atoms with Gasteiger partial charge in [0.2, 0.25) is 5.91 Å². The summed E-state index contributed by atoms with van der Waals surface area (Å²) in [6.07, 6.45) is 3.08. The second-order valence-corrected chi connectivity index (χ2v) is 8.33. The van der Waals surface area contributed by atoms with Crippen molar-refractivity contribution in [3.05, 3.63) is 29.8 Å². The summed E-state index contributed by atoms with van der Waals surface area (Å²) in [4.78, 5) is 29.8. The van der Waals surface area contributed by atoms with E-state index in [1.807, 2.05) is 21.9 Å². The number of aliphatic hydroxyl groups is 1. The van der Waals surface area contributed by atoms with E-state index in [1.54, 1.807) is 19.2 Å². The Bertz CT molecular complexity index is 746. The van der Waals surface area contributed by atoms with E-state index >= 15 is 0 Å². The van der Waals surface area contributed by atoms with E-state index in [1.165, 1.54) is 0 Å². The first-order valence-electron chi connectivity index (χ1n) is 10.6. The summed E-state index contributed by atoms with van der Waals surface area (Å²) in [6.45, 7) is 2.52. The highest BCUT2D eigenvalue weighted by molar-refractivity contribution is 5.94. The Kier molecular flexibility index (Phi) is 6.06. The number of carbonyl (C=O) groups excluding carboxylic acids is 2. The first-order chi connectivity index (χ1) is 14.1. The highest BCUT2D eigenvalue weighted by atomic mass is 16.5. The Balaban J connectivity index is 1.35. The molecule has 2 aliphatic heterocycles. The van der Waals surface area contributed by atoms with Crippen molar-refractivity contribution in [2.45, 2.75) is 37.8 Å². The van der Waals surface area contributed by atoms with Gasteiger partial charge >= 0.3 is 0 Å². The van der Waals surface area contributed by atoms with Gasteiger partial charge in [0, 0.05) is 37.7 Å². The lowest BCUT2D eigenvalue weighted by Gasteiger charge is -2.41. The monoisotopic (exact) mass is 402 g/mol. The number of fused-ring (bicyclic) bond motifs is 1. The molecule has 3 aliphatic rings. The molecule has 29 heavy (non-hydrogen) atoms. The number of nitrogens with zero attached hydrogens (tertiary/aromatic N) is 2. The molecule has 2 heterocycles. The van der Waals surface area contributed by atoms with Crippen molar-refractivity contribution in [2.75, 3.05) is 40.0 Å². The van der Waals surface area contributed by atoms with Crippen LogP contribution >= 0.6 is 0 Å². The summed E-state index contributed by atoms with van der Waals surface area (Å²) in [5.74, 6) is 1.02. The summed E-state index contributed by atoms with van der Waals surface area (Å²) >= 11 is 0. The van der Waals surface area contributed by atoms with Gasteiger partial charge < -0.3 is 24.4 Å². The van der Waals surface area contributed by atoms with E-state index in [2.05, 4.69) is 0 Å². The van der Waals surface area contributed by atoms with E-state index in [9.17, 15) is 14.7 Å². The number of aliphatic hydroxyl groups excluding tert-OH is 1. The van der Waals surface area contributed by atoms with Gasteiger partial charge in [-0.25, -0.2) is 0 Å². The summed E-state index contributed by atoms with van der Waals surface area (Å²) in [6, 6.07) is 7.28. The number of hydrogen-bond acceptors (Lipinski definition) is 5. The largest absolute Gasteiger partial charge is 0.497 e. The molecule has 2 saturated heterocycles. The summed E-state index contributed by atoms with van der Waals surface area (Å²) in [7, 11) is 1.59. The summed E-state index contributed by atoms with van der Waals surface area (Å²) in [5.41, 5.74) is 0.617. The third kappa shape index (κ3) is 4.12. The number of likely N-dealkylation sites (tertiary alicyclic amines) is 1. The van der Waals surface area contributed by atoms with Crippen LogP contribution in [-0.2, 0) is 9.53 Å². The van der Waals surface area contributed by atoms with Crippen LogP contribution in [-0.4, -0.2) is 78.8 Å². The highest BCUT2D eigenvalue weighted by Crippen LogP contribution is 2.35. The number of amides is 2. The van der Waals surface area contributed by atoms with E-state index in [-0.39, 0.29) is 42.4 Å². The van der Waals surface area contributed by atoms with Gasteiger partial charge in [-0.1, -0.05) is 6.07 Å². The average Bonchev–Trinajstić information content (AvgIpc) is 3.22. The van der Waals surface area contributed by atoms with Gasteiger partial charge in [0.15, 0.2) is 0 Å². The molecule has 3 atom stereocenters. The minimum absolute atomic E-state index is 0.0113. The molecule has 158 valence electrons. The maximum absolute atomic E-state index is 13.2. The Morgan fingerprint density at radius 1 is 1.21 bits per heavy atom. The van der Waals surface area contributed by atoms with Crippen LogP contribution < -0.4 is 4.74 Å². The zero-order chi connectivity index (χ0) is 20.4. The second-order valence-electron chi connectivity index (χ2n) is 8.33. The number of ether oxygens (including phenoxy) is 2. The molecule has 1 aliphatic carbocycles. The number of piperidine rings is 1. The number of methoxy groups -OCH3 is 1. The Morgan fingerprint density at radius 3 is 2.72 bits per heavy atom. The van der Waals surface area contributed by atoms with Crippen molar-refractivity contribution in [1.82, 2.24) is 9.80 Å². The van der Waals surface area contributed by atoms with Crippen LogP contribution in [0, 0.1) is 11.8 Å². The predicted octanol–water partition coefficient (Wildman–Crippen LogP) is 1.55. The molecule has 7 nitrogen and oxygen atoms in total. The third-order valence-electron chi connectivity index (χ3n) is 6.62. The molecule has 0 radical (unpaired) electrons. The van der Waals surface area contributed by atoms with Crippen LogP contribution in [0.2, 0.25) is 0 Å². The summed E-state index contributed by atoms with van der Waals surface area (Å²) < 4.78 is 11.1. The topological polar surface area (TPSA) is 79.3 Å². The number of carbonyl (C=O) groups is 2. The van der Waals surface area contributed by atoms with Gasteiger partial charge in [0.1, 0.15) is 5.75 Å². The second kappa shape index (κ2) is 8.71. The van der Waals surface area contributed by atoms with E-state index in [0.717, 1.165) is 12.8 Å². The molecule has 3 fully saturated rings. The lowest BCUT2D eigenvalue weighted by Crippen LogP contribution is -2.54. The number of morpholine rings is 1. The molecule has 1 saturated carbocycles. The normalized spacial score (nSPS) is 27.6. The predicted molar refractivity (Wildman–Crippen MR) is 107 cm³/mol. The first kappa shape index (κ1) is 20.2. The fraction of sp³-hybridized carbons (Fsp3) is 0.636. The number of hydrogen-bond donors (Lipinski definition) is 1. The molecule has 0 bridgehead atoms. The van der Waals surface area contributed by atoms with Crippen LogP contribution in [0.4, 0.5) is 0 Å². The third-order valence-corrected chi connectivity index (χ3v) is 6.62. The molecule has 1 aromatic carbocycles. The van der Waals surface area contributed by atoms with Gasteiger partial charge in [-0.15, -0.1) is 0 Å². The van der Waals surface area contributed by atoms with Gasteiger partial charge in [-0.3, -0.25) is 9.59 Å². The maximum atomic E-state index is 13.2. The first-order valence-corrected chi connectivity index (χ1v) is 10.6. The van der Waals surface area contributed by atoms with Crippen LogP contribution in [0.5, 0.6) is 5.75 Å². The molecular formula is C22H30N2O5. The van der Waals surface area contributed by atoms with Crippen LogP contribution in [0.1, 0.15) is 36.0 Å². The zero-order valence-electron chi connectivity index (χ0n) is 17.0. The molecule has 7 heteroatoms. The molecule has 2 amide bonds. The minimum atomic E-state index is -0.0451. The molecule has 1 unspecified atom stereocenters. The van der Waals surface area contributed by atoms with Crippen LogP contribution in [0.3, 0.4) is 0 Å². The lowest BCUT2D eigenvalue weighted by molar-refractivity contribution is -0.149. The van der Waals surface area contributed by atoms with E-state index < -0.39 is 0 Å². The number of benzene rings is 1. The van der Waals surface area contributed by atoms with Crippen molar-refractivity contribution in [3.63, 3.8) is 0 Å². The Morgan fingerprint density at radius 2 is 2.00 bits per heavy atom.